The van der Waals surface area contributed by atoms with Crippen molar-refractivity contribution in [3.05, 3.63) is 60.3 Å². The molecule has 0 aliphatic carbocycles. The van der Waals surface area contributed by atoms with Crippen LogP contribution in [0, 0.1) is 0 Å². The van der Waals surface area contributed by atoms with E-state index in [9.17, 15) is 13.2 Å². The van der Waals surface area contributed by atoms with Crippen LogP contribution in [0.2, 0.25) is 0 Å². The topological polar surface area (TPSA) is 86.6 Å². The summed E-state index contributed by atoms with van der Waals surface area (Å²) in [4.78, 5) is 12.3. The Morgan fingerprint density at radius 1 is 1.14 bits per heavy atom. The molecule has 0 spiro atoms. The van der Waals surface area contributed by atoms with Crippen molar-refractivity contribution in [1.29, 1.82) is 0 Å². The first-order valence-corrected chi connectivity index (χ1v) is 10.7. The molecule has 0 radical (unpaired) electrons. The highest BCUT2D eigenvalue weighted by atomic mass is 32.2. The Morgan fingerprint density at radius 3 is 2.55 bits per heavy atom. The third-order valence-corrected chi connectivity index (χ3v) is 6.28. The van der Waals surface area contributed by atoms with E-state index < -0.39 is 21.7 Å². The summed E-state index contributed by atoms with van der Waals surface area (Å²) in [6, 6.07) is 13.1. The van der Waals surface area contributed by atoms with Crippen LogP contribution in [0.1, 0.15) is 32.4 Å². The highest BCUT2D eigenvalue weighted by Gasteiger charge is 2.30. The van der Waals surface area contributed by atoms with Crippen molar-refractivity contribution in [3.63, 3.8) is 0 Å². The molecule has 1 N–H and O–H groups in total. The van der Waals surface area contributed by atoms with Crippen molar-refractivity contribution in [2.75, 3.05) is 6.61 Å². The van der Waals surface area contributed by atoms with Gasteiger partial charge in [-0.3, -0.25) is 0 Å². The summed E-state index contributed by atoms with van der Waals surface area (Å²) in [7, 11) is -3.72. The van der Waals surface area contributed by atoms with Crippen LogP contribution in [0.3, 0.4) is 0 Å². The molecule has 29 heavy (non-hydrogen) atoms. The van der Waals surface area contributed by atoms with Gasteiger partial charge in [-0.25, -0.2) is 17.2 Å². The average Bonchev–Trinajstić information content (AvgIpc) is 3.25. The van der Waals surface area contributed by atoms with Gasteiger partial charge in [0.2, 0.25) is 0 Å². The van der Waals surface area contributed by atoms with E-state index in [0.29, 0.717) is 16.7 Å². The lowest BCUT2D eigenvalue weighted by molar-refractivity contribution is 0.0497. The van der Waals surface area contributed by atoms with E-state index in [0.717, 1.165) is 5.56 Å². The number of nitrogens with zero attached hydrogens (tertiary/aromatic N) is 1. The third-order valence-electron chi connectivity index (χ3n) is 4.58. The minimum absolute atomic E-state index is 0.211. The number of hydrogen-bond donors (Lipinski definition) is 1. The zero-order valence-corrected chi connectivity index (χ0v) is 17.2. The molecule has 0 fully saturated rings. The van der Waals surface area contributed by atoms with Crippen LogP contribution >= 0.6 is 0 Å². The molecule has 0 saturated carbocycles. The number of aromatic nitrogens is 1. The second kappa shape index (κ2) is 6.81. The van der Waals surface area contributed by atoms with Crippen molar-refractivity contribution in [2.45, 2.75) is 37.3 Å². The van der Waals surface area contributed by atoms with E-state index in [2.05, 4.69) is 5.32 Å². The van der Waals surface area contributed by atoms with Crippen molar-refractivity contribution < 1.29 is 22.7 Å². The van der Waals surface area contributed by atoms with Crippen LogP contribution < -0.4 is 10.1 Å². The number of carbonyl (C=O) groups excluding carboxylic acids is 1. The first-order chi connectivity index (χ1) is 13.7. The molecule has 2 aromatic carbocycles. The fourth-order valence-electron chi connectivity index (χ4n) is 3.36. The lowest BCUT2D eigenvalue weighted by Gasteiger charge is -2.21. The van der Waals surface area contributed by atoms with Crippen molar-refractivity contribution in [3.8, 4) is 5.75 Å². The van der Waals surface area contributed by atoms with Crippen LogP contribution in [-0.4, -0.2) is 30.7 Å². The Kier molecular flexibility index (Phi) is 4.53. The minimum atomic E-state index is -3.72. The van der Waals surface area contributed by atoms with Gasteiger partial charge in [-0.05, 0) is 45.0 Å². The number of ether oxygens (including phenoxy) is 2. The molecule has 7 nitrogen and oxygen atoms in total. The molecule has 1 aromatic heterocycles. The summed E-state index contributed by atoms with van der Waals surface area (Å²) in [6.07, 6.45) is 0.994. The predicted molar refractivity (Wildman–Crippen MR) is 109 cm³/mol. The summed E-state index contributed by atoms with van der Waals surface area (Å²) < 4.78 is 38.4. The molecule has 3 aromatic rings. The molecule has 152 valence electrons. The SMILES string of the molecule is CC(C)(C)OC(=O)N[C@@H]1COc2c1ccc1c2ccn1S(=O)(=O)c1ccccc1. The Hall–Kier alpha value is -3.00. The summed E-state index contributed by atoms with van der Waals surface area (Å²) >= 11 is 0. The summed E-state index contributed by atoms with van der Waals surface area (Å²) in [6.45, 7) is 5.64. The van der Waals surface area contributed by atoms with Gasteiger partial charge in [-0.15, -0.1) is 0 Å². The van der Waals surface area contributed by atoms with Gasteiger partial charge in [0.25, 0.3) is 10.0 Å². The fraction of sp³-hybridized carbons (Fsp3) is 0.286. The molecule has 8 heteroatoms. The molecule has 1 aliphatic rings. The molecule has 0 bridgehead atoms. The smallest absolute Gasteiger partial charge is 0.408 e. The zero-order chi connectivity index (χ0) is 20.8. The zero-order valence-electron chi connectivity index (χ0n) is 16.4. The van der Waals surface area contributed by atoms with Crippen LogP contribution in [0.15, 0.2) is 59.6 Å². The lowest BCUT2D eigenvalue weighted by Crippen LogP contribution is -2.35. The molecule has 0 saturated heterocycles. The summed E-state index contributed by atoms with van der Waals surface area (Å²) in [5.41, 5.74) is 0.711. The molecule has 1 atom stereocenters. The van der Waals surface area contributed by atoms with Gasteiger partial charge in [-0.1, -0.05) is 24.3 Å². The quantitative estimate of drug-likeness (QED) is 0.704. The maximum atomic E-state index is 13.0. The van der Waals surface area contributed by atoms with E-state index in [4.69, 9.17) is 9.47 Å². The van der Waals surface area contributed by atoms with Crippen molar-refractivity contribution >= 4 is 27.0 Å². The first-order valence-electron chi connectivity index (χ1n) is 9.24. The molecule has 0 unspecified atom stereocenters. The number of alkyl carbamates (subject to hydrolysis) is 1. The maximum absolute atomic E-state index is 13.0. The number of hydrogen-bond acceptors (Lipinski definition) is 5. The van der Waals surface area contributed by atoms with Gasteiger partial charge in [-0.2, -0.15) is 0 Å². The first kappa shape index (κ1) is 19.3. The largest absolute Gasteiger partial charge is 0.490 e. The highest BCUT2D eigenvalue weighted by molar-refractivity contribution is 7.90. The van der Waals surface area contributed by atoms with E-state index in [1.165, 1.54) is 10.2 Å². The van der Waals surface area contributed by atoms with Crippen molar-refractivity contribution in [1.82, 2.24) is 9.29 Å². The van der Waals surface area contributed by atoms with Crippen LogP contribution in [0.5, 0.6) is 5.75 Å². The molecular formula is C21H22N2O5S. The Morgan fingerprint density at radius 2 is 1.86 bits per heavy atom. The van der Waals surface area contributed by atoms with Gasteiger partial charge in [0.05, 0.1) is 16.5 Å². The van der Waals surface area contributed by atoms with Gasteiger partial charge in [0.15, 0.2) is 0 Å². The van der Waals surface area contributed by atoms with E-state index in [-0.39, 0.29) is 17.5 Å². The van der Waals surface area contributed by atoms with Gasteiger partial charge < -0.3 is 14.8 Å². The molecule has 1 amide bonds. The van der Waals surface area contributed by atoms with Gasteiger partial charge in [0.1, 0.15) is 18.0 Å². The van der Waals surface area contributed by atoms with Crippen LogP contribution in [0.4, 0.5) is 4.79 Å². The van der Waals surface area contributed by atoms with Crippen LogP contribution in [0.25, 0.3) is 10.9 Å². The number of amides is 1. The van der Waals surface area contributed by atoms with E-state index in [1.807, 2.05) is 0 Å². The molecule has 1 aliphatic heterocycles. The number of carbonyl (C=O) groups is 1. The van der Waals surface area contributed by atoms with E-state index >= 15 is 0 Å². The Bertz CT molecular complexity index is 1180. The molecule has 4 rings (SSSR count). The Balaban J connectivity index is 1.68. The third kappa shape index (κ3) is 3.55. The predicted octanol–water partition coefficient (Wildman–Crippen LogP) is 3.84. The van der Waals surface area contributed by atoms with Crippen molar-refractivity contribution in [2.24, 2.45) is 0 Å². The van der Waals surface area contributed by atoms with E-state index in [1.54, 1.807) is 69.3 Å². The second-order valence-corrected chi connectivity index (χ2v) is 9.67. The molecule has 2 heterocycles. The fourth-order valence-corrected chi connectivity index (χ4v) is 4.73. The number of rotatable bonds is 3. The van der Waals surface area contributed by atoms with Gasteiger partial charge in [0, 0.05) is 17.1 Å². The maximum Gasteiger partial charge on any atom is 0.408 e. The summed E-state index contributed by atoms with van der Waals surface area (Å²) in [5, 5.41) is 3.48. The monoisotopic (exact) mass is 414 g/mol. The van der Waals surface area contributed by atoms with Gasteiger partial charge >= 0.3 is 6.09 Å². The number of fused-ring (bicyclic) bond motifs is 3. The minimum Gasteiger partial charge on any atom is -0.490 e. The lowest BCUT2D eigenvalue weighted by atomic mass is 10.1. The van der Waals surface area contributed by atoms with Crippen LogP contribution in [-0.2, 0) is 14.8 Å². The number of nitrogens with one attached hydrogen (secondary N) is 1. The Labute approximate surface area is 169 Å². The standard InChI is InChI=1S/C21H22N2O5S/c1-21(2,3)28-20(24)22-17-13-27-19-15(17)9-10-18-16(19)11-12-23(18)29(25,26)14-7-5-4-6-8-14/h4-12,17H,13H2,1-3H3,(H,22,24)/t17-/m1/s1. The second-order valence-electron chi connectivity index (χ2n) is 7.86. The normalized spacial score (nSPS) is 16.3. The molecular weight excluding hydrogens is 392 g/mol. The highest BCUT2D eigenvalue weighted by Crippen LogP contribution is 2.40. The average molecular weight is 414 g/mol. The number of benzene rings is 2. The summed E-state index contributed by atoms with van der Waals surface area (Å²) in [5.74, 6) is 0.575.